The quantitative estimate of drug-likeness (QED) is 0.847. The molecule has 9 heteroatoms. The van der Waals surface area contributed by atoms with Crippen molar-refractivity contribution in [3.8, 4) is 0 Å². The monoisotopic (exact) mass is 318 g/mol. The molecule has 1 heterocycles. The van der Waals surface area contributed by atoms with Gasteiger partial charge < -0.3 is 5.11 Å². The van der Waals surface area contributed by atoms with Crippen LogP contribution < -0.4 is 0 Å². The molecule has 0 fully saturated rings. The van der Waals surface area contributed by atoms with Gasteiger partial charge in [-0.3, -0.25) is 4.68 Å². The molecule has 0 spiro atoms. The SMILES string of the molecule is CCc1cc(CC(O)C(C(F)(F)F)C(F)(F)F)n(CC)n1. The van der Waals surface area contributed by atoms with Crippen molar-refractivity contribution >= 4 is 0 Å². The Kier molecular flexibility index (Phi) is 5.30. The minimum Gasteiger partial charge on any atom is -0.392 e. The zero-order chi connectivity index (χ0) is 16.4. The van der Waals surface area contributed by atoms with Crippen molar-refractivity contribution in [2.24, 2.45) is 5.92 Å². The number of aliphatic hydroxyl groups excluding tert-OH is 1. The van der Waals surface area contributed by atoms with E-state index < -0.39 is 30.8 Å². The van der Waals surface area contributed by atoms with Crippen LogP contribution in [0.2, 0.25) is 0 Å². The average molecular weight is 318 g/mol. The van der Waals surface area contributed by atoms with E-state index >= 15 is 0 Å². The van der Waals surface area contributed by atoms with E-state index in [0.29, 0.717) is 18.7 Å². The Morgan fingerprint density at radius 1 is 1.14 bits per heavy atom. The molecule has 0 aliphatic rings. The first-order chi connectivity index (χ1) is 9.50. The smallest absolute Gasteiger partial charge is 0.392 e. The molecule has 0 aliphatic heterocycles. The van der Waals surface area contributed by atoms with Crippen LogP contribution in [0.5, 0.6) is 0 Å². The molecule has 1 aromatic rings. The summed E-state index contributed by atoms with van der Waals surface area (Å²) in [5.41, 5.74) is 0.704. The van der Waals surface area contributed by atoms with Crippen molar-refractivity contribution in [2.75, 3.05) is 0 Å². The third-order valence-electron chi connectivity index (χ3n) is 3.08. The summed E-state index contributed by atoms with van der Waals surface area (Å²) in [6.07, 6.45) is -14.0. The lowest BCUT2D eigenvalue weighted by Gasteiger charge is -2.27. The fraction of sp³-hybridized carbons (Fsp3) is 0.750. The number of alkyl halides is 6. The molecule has 1 atom stereocenters. The molecular formula is C12H16F6N2O. The van der Waals surface area contributed by atoms with Gasteiger partial charge in [0.1, 0.15) is 0 Å². The molecule has 122 valence electrons. The molecule has 21 heavy (non-hydrogen) atoms. The van der Waals surface area contributed by atoms with E-state index in [-0.39, 0.29) is 5.69 Å². The predicted molar refractivity (Wildman–Crippen MR) is 62.6 cm³/mol. The van der Waals surface area contributed by atoms with Crippen molar-refractivity contribution in [1.82, 2.24) is 9.78 Å². The summed E-state index contributed by atoms with van der Waals surface area (Å²) in [6.45, 7) is 3.72. The van der Waals surface area contributed by atoms with Gasteiger partial charge in [-0.1, -0.05) is 6.92 Å². The van der Waals surface area contributed by atoms with Gasteiger partial charge in [0.15, 0.2) is 5.92 Å². The van der Waals surface area contributed by atoms with Gasteiger partial charge >= 0.3 is 12.4 Å². The second-order valence-electron chi connectivity index (χ2n) is 4.63. The Bertz CT molecular complexity index is 451. The predicted octanol–water partition coefficient (Wildman–Crippen LogP) is 3.11. The lowest BCUT2D eigenvalue weighted by atomic mass is 9.97. The highest BCUT2D eigenvalue weighted by Gasteiger charge is 2.60. The second kappa shape index (κ2) is 6.25. The zero-order valence-corrected chi connectivity index (χ0v) is 11.5. The van der Waals surface area contributed by atoms with Crippen LogP contribution in [-0.4, -0.2) is 33.3 Å². The van der Waals surface area contributed by atoms with Crippen molar-refractivity contribution in [1.29, 1.82) is 0 Å². The number of aromatic nitrogens is 2. The van der Waals surface area contributed by atoms with Crippen LogP contribution in [0.15, 0.2) is 6.07 Å². The Morgan fingerprint density at radius 3 is 2.05 bits per heavy atom. The summed E-state index contributed by atoms with van der Waals surface area (Å²) in [4.78, 5) is 0. The van der Waals surface area contributed by atoms with Gasteiger partial charge in [-0.25, -0.2) is 0 Å². The standard InChI is InChI=1S/C12H16F6N2O/c1-3-7-5-8(20(4-2)19-7)6-9(21)10(11(13,14)15)12(16,17)18/h5,9-10,21H,3-4,6H2,1-2H3. The third kappa shape index (κ3) is 4.36. The van der Waals surface area contributed by atoms with Crippen LogP contribution in [0.3, 0.4) is 0 Å². The highest BCUT2D eigenvalue weighted by atomic mass is 19.4. The van der Waals surface area contributed by atoms with Gasteiger partial charge in [0.25, 0.3) is 0 Å². The number of aliphatic hydroxyl groups is 1. The fourth-order valence-electron chi connectivity index (χ4n) is 2.08. The highest BCUT2D eigenvalue weighted by Crippen LogP contribution is 2.42. The summed E-state index contributed by atoms with van der Waals surface area (Å²) < 4.78 is 76.4. The van der Waals surface area contributed by atoms with Gasteiger partial charge in [-0.05, 0) is 19.4 Å². The first kappa shape index (κ1) is 17.8. The number of halogens is 6. The summed E-state index contributed by atoms with van der Waals surface area (Å²) in [5.74, 6) is -3.77. The van der Waals surface area contributed by atoms with E-state index in [4.69, 9.17) is 0 Å². The molecule has 1 unspecified atom stereocenters. The lowest BCUT2D eigenvalue weighted by molar-refractivity contribution is -0.305. The van der Waals surface area contributed by atoms with Crippen LogP contribution in [0.4, 0.5) is 26.3 Å². The molecule has 0 amide bonds. The van der Waals surface area contributed by atoms with Gasteiger partial charge in [0, 0.05) is 18.7 Å². The largest absolute Gasteiger partial charge is 0.403 e. The maximum Gasteiger partial charge on any atom is 0.403 e. The minimum absolute atomic E-state index is 0.153. The highest BCUT2D eigenvalue weighted by molar-refractivity contribution is 5.12. The number of hydrogen-bond acceptors (Lipinski definition) is 2. The summed E-state index contributed by atoms with van der Waals surface area (Å²) in [6, 6.07) is 1.41. The van der Waals surface area contributed by atoms with E-state index in [1.54, 1.807) is 13.8 Å². The molecule has 1 N–H and O–H groups in total. The maximum atomic E-state index is 12.5. The fourth-order valence-corrected chi connectivity index (χ4v) is 2.08. The molecule has 1 rings (SSSR count). The van der Waals surface area contributed by atoms with Crippen molar-refractivity contribution in [3.05, 3.63) is 17.5 Å². The minimum atomic E-state index is -5.55. The van der Waals surface area contributed by atoms with E-state index in [1.165, 1.54) is 10.7 Å². The van der Waals surface area contributed by atoms with Crippen LogP contribution in [0.25, 0.3) is 0 Å². The summed E-state index contributed by atoms with van der Waals surface area (Å²) in [5, 5.41) is 13.5. The van der Waals surface area contributed by atoms with E-state index in [9.17, 15) is 31.4 Å². The molecule has 0 aliphatic carbocycles. The molecule has 0 saturated carbocycles. The van der Waals surface area contributed by atoms with Crippen LogP contribution in [-0.2, 0) is 19.4 Å². The number of nitrogens with zero attached hydrogens (tertiary/aromatic N) is 2. The van der Waals surface area contributed by atoms with E-state index in [2.05, 4.69) is 5.10 Å². The molecule has 0 radical (unpaired) electrons. The Morgan fingerprint density at radius 2 is 1.67 bits per heavy atom. The molecular weight excluding hydrogens is 302 g/mol. The number of rotatable bonds is 5. The normalized spacial score (nSPS) is 14.8. The number of hydrogen-bond donors (Lipinski definition) is 1. The first-order valence-corrected chi connectivity index (χ1v) is 6.37. The van der Waals surface area contributed by atoms with Crippen LogP contribution >= 0.6 is 0 Å². The lowest BCUT2D eigenvalue weighted by Crippen LogP contribution is -2.45. The average Bonchev–Trinajstić information content (AvgIpc) is 2.67. The number of aryl methyl sites for hydroxylation is 2. The van der Waals surface area contributed by atoms with Crippen molar-refractivity contribution < 1.29 is 31.4 Å². The van der Waals surface area contributed by atoms with Gasteiger partial charge in [0.05, 0.1) is 11.8 Å². The Balaban J connectivity index is 3.02. The molecule has 1 aromatic heterocycles. The first-order valence-electron chi connectivity index (χ1n) is 6.37. The summed E-state index contributed by atoms with van der Waals surface area (Å²) >= 11 is 0. The Hall–Kier alpha value is -1.25. The van der Waals surface area contributed by atoms with Crippen molar-refractivity contribution in [3.63, 3.8) is 0 Å². The van der Waals surface area contributed by atoms with Gasteiger partial charge in [0.2, 0.25) is 0 Å². The van der Waals surface area contributed by atoms with Crippen LogP contribution in [0, 0.1) is 5.92 Å². The second-order valence-corrected chi connectivity index (χ2v) is 4.63. The van der Waals surface area contributed by atoms with Crippen LogP contribution in [0.1, 0.15) is 25.2 Å². The summed E-state index contributed by atoms with van der Waals surface area (Å²) in [7, 11) is 0. The zero-order valence-electron chi connectivity index (χ0n) is 11.5. The Labute approximate surface area is 117 Å². The van der Waals surface area contributed by atoms with Crippen molar-refractivity contribution in [2.45, 2.75) is 51.7 Å². The van der Waals surface area contributed by atoms with E-state index in [1.807, 2.05) is 0 Å². The topological polar surface area (TPSA) is 38.0 Å². The maximum absolute atomic E-state index is 12.5. The molecule has 0 bridgehead atoms. The molecule has 3 nitrogen and oxygen atoms in total. The van der Waals surface area contributed by atoms with E-state index in [0.717, 1.165) is 0 Å². The van der Waals surface area contributed by atoms with Gasteiger partial charge in [-0.2, -0.15) is 31.4 Å². The van der Waals surface area contributed by atoms with Gasteiger partial charge in [-0.15, -0.1) is 0 Å². The molecule has 0 aromatic carbocycles. The third-order valence-corrected chi connectivity index (χ3v) is 3.08. The molecule has 0 saturated heterocycles.